The molecule has 38 heavy (non-hydrogen) atoms. The topological polar surface area (TPSA) is 113 Å². The molecule has 0 unspecified atom stereocenters. The first-order valence-electron chi connectivity index (χ1n) is 11.4. The lowest BCUT2D eigenvalue weighted by Crippen LogP contribution is -2.42. The Morgan fingerprint density at radius 3 is 2.03 bits per heavy atom. The first-order valence-corrected chi connectivity index (χ1v) is 14.5. The monoisotopic (exact) mass is 656 g/mol. The van der Waals surface area contributed by atoms with Crippen LogP contribution in [0.3, 0.4) is 0 Å². The number of hydrogen-bond donors (Lipinski definition) is 3. The molecule has 0 aliphatic carbocycles. The van der Waals surface area contributed by atoms with E-state index in [4.69, 9.17) is 0 Å². The van der Waals surface area contributed by atoms with E-state index in [1.54, 1.807) is 18.2 Å². The molecule has 0 saturated carbocycles. The molecule has 0 heterocycles. The molecule has 1 atom stereocenters. The van der Waals surface area contributed by atoms with Crippen molar-refractivity contribution in [2.45, 2.75) is 17.4 Å². The standard InChI is InChI=1S/C28H22Br2N2O5S/c29-21-10-13-23(14-11-21)38(36,37)32-25-15-12-22(30)17-24(25)27(33)31-26(28(34)35)16-18-6-8-20(9-7-18)19-4-2-1-3-5-19/h1-15,17,26,32H,16H2,(H,31,33)(H,34,35)/t26-/m0/s1. The molecule has 0 saturated heterocycles. The zero-order valence-electron chi connectivity index (χ0n) is 19.8. The number of carbonyl (C=O) groups is 2. The summed E-state index contributed by atoms with van der Waals surface area (Å²) < 4.78 is 29.5. The highest BCUT2D eigenvalue weighted by Crippen LogP contribution is 2.25. The predicted octanol–water partition coefficient (Wildman–Crippen LogP) is 6.11. The maximum Gasteiger partial charge on any atom is 0.326 e. The molecule has 4 rings (SSSR count). The van der Waals surface area contributed by atoms with Crippen molar-refractivity contribution in [1.29, 1.82) is 0 Å². The largest absolute Gasteiger partial charge is 0.480 e. The third-order valence-electron chi connectivity index (χ3n) is 5.70. The number of hydrogen-bond acceptors (Lipinski definition) is 4. The van der Waals surface area contributed by atoms with Crippen LogP contribution < -0.4 is 10.0 Å². The van der Waals surface area contributed by atoms with E-state index in [-0.39, 0.29) is 22.6 Å². The summed E-state index contributed by atoms with van der Waals surface area (Å²) in [7, 11) is -4.00. The van der Waals surface area contributed by atoms with Gasteiger partial charge in [-0.05, 0) is 59.2 Å². The van der Waals surface area contributed by atoms with Gasteiger partial charge in [0.2, 0.25) is 0 Å². The number of halogens is 2. The normalized spacial score (nSPS) is 11.9. The van der Waals surface area contributed by atoms with Crippen LogP contribution in [0.4, 0.5) is 5.69 Å². The molecule has 7 nitrogen and oxygen atoms in total. The van der Waals surface area contributed by atoms with Crippen molar-refractivity contribution in [2.75, 3.05) is 4.72 Å². The Kier molecular flexibility index (Phi) is 8.65. The fourth-order valence-corrected chi connectivity index (χ4v) is 5.45. The zero-order valence-corrected chi connectivity index (χ0v) is 23.8. The molecule has 10 heteroatoms. The molecule has 4 aromatic carbocycles. The Morgan fingerprint density at radius 1 is 0.789 bits per heavy atom. The van der Waals surface area contributed by atoms with Crippen LogP contribution >= 0.6 is 31.9 Å². The fraction of sp³-hybridized carbons (Fsp3) is 0.0714. The number of carboxylic acids is 1. The molecule has 3 N–H and O–H groups in total. The number of nitrogens with one attached hydrogen (secondary N) is 2. The average Bonchev–Trinajstić information content (AvgIpc) is 2.90. The van der Waals surface area contributed by atoms with Crippen LogP contribution in [-0.2, 0) is 21.2 Å². The number of rotatable bonds is 9. The quantitative estimate of drug-likeness (QED) is 0.201. The van der Waals surface area contributed by atoms with Crippen molar-refractivity contribution in [3.63, 3.8) is 0 Å². The van der Waals surface area contributed by atoms with Crippen molar-refractivity contribution < 1.29 is 23.1 Å². The van der Waals surface area contributed by atoms with Crippen molar-refractivity contribution in [2.24, 2.45) is 0 Å². The van der Waals surface area contributed by atoms with E-state index in [1.807, 2.05) is 54.6 Å². The Morgan fingerprint density at radius 2 is 1.39 bits per heavy atom. The second kappa shape index (κ2) is 11.9. The van der Waals surface area contributed by atoms with E-state index in [0.29, 0.717) is 4.47 Å². The van der Waals surface area contributed by atoms with Gasteiger partial charge in [-0.1, -0.05) is 86.5 Å². The minimum atomic E-state index is -4.00. The average molecular weight is 658 g/mol. The van der Waals surface area contributed by atoms with Crippen LogP contribution in [0, 0.1) is 0 Å². The van der Waals surface area contributed by atoms with Crippen molar-refractivity contribution >= 4 is 59.4 Å². The van der Waals surface area contributed by atoms with Crippen LogP contribution in [0.25, 0.3) is 11.1 Å². The van der Waals surface area contributed by atoms with E-state index < -0.39 is 27.9 Å². The molecular weight excluding hydrogens is 636 g/mol. The van der Waals surface area contributed by atoms with Crippen molar-refractivity contribution in [3.05, 3.63) is 117 Å². The molecule has 0 spiro atoms. The summed E-state index contributed by atoms with van der Waals surface area (Å²) in [6.45, 7) is 0. The van der Waals surface area contributed by atoms with Gasteiger partial charge in [-0.3, -0.25) is 9.52 Å². The lowest BCUT2D eigenvalue weighted by molar-refractivity contribution is -0.139. The fourth-order valence-electron chi connectivity index (χ4n) is 3.75. The highest BCUT2D eigenvalue weighted by Gasteiger charge is 2.24. The van der Waals surface area contributed by atoms with E-state index in [2.05, 4.69) is 41.9 Å². The molecule has 0 radical (unpaired) electrons. The summed E-state index contributed by atoms with van der Waals surface area (Å²) in [5.74, 6) is -1.94. The van der Waals surface area contributed by atoms with Gasteiger partial charge in [0.1, 0.15) is 6.04 Å². The third-order valence-corrected chi connectivity index (χ3v) is 8.10. The maximum absolute atomic E-state index is 13.2. The third kappa shape index (κ3) is 6.89. The summed E-state index contributed by atoms with van der Waals surface area (Å²) in [6.07, 6.45) is 0.0457. The van der Waals surface area contributed by atoms with E-state index in [1.165, 1.54) is 24.3 Å². The Bertz CT molecular complexity index is 1560. The summed E-state index contributed by atoms with van der Waals surface area (Å²) in [5, 5.41) is 12.3. The lowest BCUT2D eigenvalue weighted by Gasteiger charge is -2.17. The number of carboxylic acid groups (broad SMARTS) is 1. The second-order valence-electron chi connectivity index (χ2n) is 8.38. The highest BCUT2D eigenvalue weighted by atomic mass is 79.9. The van der Waals surface area contributed by atoms with Gasteiger partial charge in [0.15, 0.2) is 0 Å². The van der Waals surface area contributed by atoms with Crippen LogP contribution in [0.2, 0.25) is 0 Å². The summed E-state index contributed by atoms with van der Waals surface area (Å²) in [5.41, 5.74) is 2.75. The zero-order chi connectivity index (χ0) is 27.3. The summed E-state index contributed by atoms with van der Waals surface area (Å²) in [6, 6.07) is 26.5. The summed E-state index contributed by atoms with van der Waals surface area (Å²) >= 11 is 6.56. The van der Waals surface area contributed by atoms with Crippen molar-refractivity contribution in [3.8, 4) is 11.1 Å². The number of sulfonamides is 1. The molecule has 0 aromatic heterocycles. The first-order chi connectivity index (χ1) is 18.1. The molecule has 4 aromatic rings. The van der Waals surface area contributed by atoms with Gasteiger partial charge in [-0.2, -0.15) is 0 Å². The van der Waals surface area contributed by atoms with E-state index in [9.17, 15) is 23.1 Å². The Hall–Kier alpha value is -3.47. The number of anilines is 1. The van der Waals surface area contributed by atoms with Crippen LogP contribution in [0.15, 0.2) is 111 Å². The van der Waals surface area contributed by atoms with Crippen molar-refractivity contribution in [1.82, 2.24) is 5.32 Å². The molecule has 0 fully saturated rings. The minimum Gasteiger partial charge on any atom is -0.480 e. The van der Waals surface area contributed by atoms with Gasteiger partial charge >= 0.3 is 5.97 Å². The number of benzene rings is 4. The molecule has 194 valence electrons. The molecule has 1 amide bonds. The van der Waals surface area contributed by atoms with E-state index >= 15 is 0 Å². The predicted molar refractivity (Wildman–Crippen MR) is 154 cm³/mol. The Balaban J connectivity index is 1.53. The smallest absolute Gasteiger partial charge is 0.326 e. The highest BCUT2D eigenvalue weighted by molar-refractivity contribution is 9.10. The van der Waals surface area contributed by atoms with Gasteiger partial charge in [-0.25, -0.2) is 13.2 Å². The minimum absolute atomic E-state index is 0.0114. The molecule has 0 aliphatic heterocycles. The SMILES string of the molecule is O=C(N[C@@H](Cc1ccc(-c2ccccc2)cc1)C(=O)O)c1cc(Br)ccc1NS(=O)(=O)c1ccc(Br)cc1. The van der Waals surface area contributed by atoms with Gasteiger partial charge in [-0.15, -0.1) is 0 Å². The van der Waals surface area contributed by atoms with Crippen LogP contribution in [0.1, 0.15) is 15.9 Å². The van der Waals surface area contributed by atoms with Gasteiger partial charge in [0.05, 0.1) is 16.1 Å². The molecule has 0 bridgehead atoms. The second-order valence-corrected chi connectivity index (χ2v) is 11.9. The van der Waals surface area contributed by atoms with Gasteiger partial charge < -0.3 is 10.4 Å². The molecule has 0 aliphatic rings. The molecular formula is C28H22Br2N2O5S. The number of amides is 1. The lowest BCUT2D eigenvalue weighted by atomic mass is 10.0. The maximum atomic E-state index is 13.2. The van der Waals surface area contributed by atoms with Gasteiger partial charge in [0.25, 0.3) is 15.9 Å². The van der Waals surface area contributed by atoms with Crippen LogP contribution in [0.5, 0.6) is 0 Å². The number of carbonyl (C=O) groups excluding carboxylic acids is 1. The number of aliphatic carboxylic acids is 1. The summed E-state index contributed by atoms with van der Waals surface area (Å²) in [4.78, 5) is 25.2. The Labute approximate surface area is 237 Å². The van der Waals surface area contributed by atoms with Gasteiger partial charge in [0, 0.05) is 15.4 Å². The van der Waals surface area contributed by atoms with Crippen LogP contribution in [-0.4, -0.2) is 31.4 Å². The first kappa shape index (κ1) is 27.6. The van der Waals surface area contributed by atoms with E-state index in [0.717, 1.165) is 21.2 Å².